The van der Waals surface area contributed by atoms with Crippen LogP contribution >= 0.6 is 7.82 Å². The van der Waals surface area contributed by atoms with Crippen molar-refractivity contribution in [2.24, 2.45) is 5.73 Å². The number of aliphatic hydroxyl groups is 1. The molecule has 57 heavy (non-hydrogen) atoms. The van der Waals surface area contributed by atoms with Crippen LogP contribution in [-0.2, 0) is 37.5 Å². The number of carboxylic acids is 1. The van der Waals surface area contributed by atoms with Crippen LogP contribution in [0.1, 0.15) is 136 Å². The summed E-state index contributed by atoms with van der Waals surface area (Å²) in [6.45, 7) is 2.38. The molecule has 0 aliphatic rings. The summed E-state index contributed by atoms with van der Waals surface area (Å²) in [6.07, 6.45) is 42.9. The Hall–Kier alpha value is -3.38. The molecule has 0 aliphatic heterocycles. The average molecular weight is 822 g/mol. The van der Waals surface area contributed by atoms with E-state index in [4.69, 9.17) is 24.8 Å². The fourth-order valence-corrected chi connectivity index (χ4v) is 5.75. The minimum absolute atomic E-state index is 0.0615. The lowest BCUT2D eigenvalue weighted by molar-refractivity contribution is -0.161. The van der Waals surface area contributed by atoms with Gasteiger partial charge in [0, 0.05) is 12.8 Å². The predicted octanol–water partition coefficient (Wildman–Crippen LogP) is 9.69. The number of allylic oxidation sites excluding steroid dienone is 13. The normalized spacial score (nSPS) is 15.2. The Kier molecular flexibility index (Phi) is 35.9. The summed E-state index contributed by atoms with van der Waals surface area (Å²) >= 11 is 0. The Balaban J connectivity index is 4.56. The first kappa shape index (κ1) is 53.6. The number of hydrogen-bond donors (Lipinski definition) is 4. The monoisotopic (exact) mass is 821 g/mol. The minimum atomic E-state index is -4.75. The average Bonchev–Trinajstić information content (AvgIpc) is 3.18. The molecular weight excluding hydrogens is 749 g/mol. The summed E-state index contributed by atoms with van der Waals surface area (Å²) in [5.41, 5.74) is 5.32. The van der Waals surface area contributed by atoms with Crippen molar-refractivity contribution in [3.63, 3.8) is 0 Å². The number of carbonyl (C=O) groups is 3. The molecule has 5 N–H and O–H groups in total. The van der Waals surface area contributed by atoms with Crippen LogP contribution in [-0.4, -0.2) is 71.1 Å². The summed E-state index contributed by atoms with van der Waals surface area (Å²) in [5.74, 6) is -2.51. The number of nitrogens with two attached hydrogens (primary N) is 1. The van der Waals surface area contributed by atoms with Crippen LogP contribution in [0.15, 0.2) is 85.1 Å². The van der Waals surface area contributed by atoms with Gasteiger partial charge in [0.2, 0.25) is 0 Å². The molecule has 13 heteroatoms. The van der Waals surface area contributed by atoms with Gasteiger partial charge in [-0.25, -0.2) is 4.57 Å². The molecule has 0 fully saturated rings. The van der Waals surface area contributed by atoms with Crippen LogP contribution in [0.3, 0.4) is 0 Å². The van der Waals surface area contributed by atoms with Crippen molar-refractivity contribution in [2.45, 2.75) is 154 Å². The molecule has 0 radical (unpaired) electrons. The number of aliphatic hydroxyl groups excluding tert-OH is 1. The minimum Gasteiger partial charge on any atom is -0.480 e. The molecule has 0 aromatic carbocycles. The number of esters is 2. The van der Waals surface area contributed by atoms with Gasteiger partial charge in [-0.2, -0.15) is 0 Å². The smallest absolute Gasteiger partial charge is 0.472 e. The number of hydrogen-bond acceptors (Lipinski definition) is 10. The molecule has 0 rings (SSSR count). The van der Waals surface area contributed by atoms with Crippen LogP contribution in [0.25, 0.3) is 0 Å². The molecular formula is C44H72NO11P. The molecule has 0 saturated heterocycles. The van der Waals surface area contributed by atoms with E-state index in [0.717, 1.165) is 83.5 Å². The second kappa shape index (κ2) is 38.2. The standard InChI is InChI=1S/C44H72NO11P/c1-3-5-6-7-8-9-10-11-12-15-18-21-24-27-30-34-42(47)53-36-40(37-54-57(51,52)55-38-41(45)44(49)50)56-43(48)35-31-28-25-22-19-16-13-14-17-20-23-26-29-33-39(46)32-4-2/h5-6,8-9,11-13,16-17,20,22,25-26,29,39-41,46H,3-4,7,10,14-15,18-19,21,23-24,27-28,30-38,45H2,1-2H3,(H,49,50)(H,51,52)/b6-5-,9-8-,12-11-,16-13-,20-17-,25-22-,29-26-/t39?,40-,41+/m1/s1. The molecule has 2 unspecified atom stereocenters. The van der Waals surface area contributed by atoms with Gasteiger partial charge < -0.3 is 30.3 Å². The largest absolute Gasteiger partial charge is 0.480 e. The first-order valence-electron chi connectivity index (χ1n) is 20.7. The van der Waals surface area contributed by atoms with Crippen LogP contribution in [0.4, 0.5) is 0 Å². The number of unbranched alkanes of at least 4 members (excludes halogenated alkanes) is 6. The van der Waals surface area contributed by atoms with Crippen LogP contribution in [0.5, 0.6) is 0 Å². The predicted molar refractivity (Wildman–Crippen MR) is 227 cm³/mol. The number of phosphoric acid groups is 1. The topological polar surface area (TPSA) is 192 Å². The van der Waals surface area contributed by atoms with Gasteiger partial charge in [-0.3, -0.25) is 23.4 Å². The van der Waals surface area contributed by atoms with Gasteiger partial charge >= 0.3 is 25.7 Å². The van der Waals surface area contributed by atoms with Crippen molar-refractivity contribution in [3.05, 3.63) is 85.1 Å². The van der Waals surface area contributed by atoms with Gasteiger partial charge in [-0.1, -0.05) is 125 Å². The number of carbonyl (C=O) groups excluding carboxylic acids is 2. The van der Waals surface area contributed by atoms with Crippen LogP contribution in [0, 0.1) is 0 Å². The third kappa shape index (κ3) is 37.9. The first-order chi connectivity index (χ1) is 27.5. The van der Waals surface area contributed by atoms with E-state index in [-0.39, 0.29) is 18.9 Å². The Bertz CT molecular complexity index is 1300. The van der Waals surface area contributed by atoms with E-state index < -0.39 is 57.7 Å². The summed E-state index contributed by atoms with van der Waals surface area (Å²) in [7, 11) is -4.75. The van der Waals surface area contributed by atoms with Crippen LogP contribution in [0.2, 0.25) is 0 Å². The van der Waals surface area contributed by atoms with Crippen LogP contribution < -0.4 is 5.73 Å². The fraction of sp³-hybridized carbons (Fsp3) is 0.614. The van der Waals surface area contributed by atoms with Crippen molar-refractivity contribution in [1.82, 2.24) is 0 Å². The third-order valence-electron chi connectivity index (χ3n) is 8.18. The summed E-state index contributed by atoms with van der Waals surface area (Å²) in [4.78, 5) is 45.9. The van der Waals surface area contributed by atoms with E-state index in [1.165, 1.54) is 0 Å². The Labute approximate surface area is 342 Å². The SMILES string of the molecule is CC/C=C\C/C=C\C/C=C\CCCCCCCC(=O)OC[C@H](COP(=O)(O)OC[C@H](N)C(=O)O)OC(=O)CCC/C=C\C/C=C\C/C=C\C/C=C\CC(O)CCC. The maximum atomic E-state index is 12.6. The Morgan fingerprint density at radius 3 is 1.70 bits per heavy atom. The molecule has 0 heterocycles. The molecule has 0 aromatic heterocycles. The summed E-state index contributed by atoms with van der Waals surface area (Å²) in [5, 5.41) is 18.6. The highest BCUT2D eigenvalue weighted by molar-refractivity contribution is 7.47. The highest BCUT2D eigenvalue weighted by atomic mass is 31.2. The molecule has 0 amide bonds. The van der Waals surface area contributed by atoms with Gasteiger partial charge in [0.05, 0.1) is 19.3 Å². The molecule has 4 atom stereocenters. The van der Waals surface area contributed by atoms with E-state index in [1.807, 2.05) is 18.2 Å². The molecule has 0 saturated carbocycles. The Morgan fingerprint density at radius 1 is 0.632 bits per heavy atom. The van der Waals surface area contributed by atoms with Gasteiger partial charge in [0.15, 0.2) is 6.10 Å². The molecule has 0 bridgehead atoms. The van der Waals surface area contributed by atoms with Gasteiger partial charge in [-0.15, -0.1) is 0 Å². The zero-order valence-electron chi connectivity index (χ0n) is 34.5. The number of rotatable bonds is 37. The highest BCUT2D eigenvalue weighted by Gasteiger charge is 2.28. The van der Waals surface area contributed by atoms with E-state index in [9.17, 15) is 28.9 Å². The summed E-state index contributed by atoms with van der Waals surface area (Å²) in [6, 6.07) is -1.54. The van der Waals surface area contributed by atoms with E-state index >= 15 is 0 Å². The number of aliphatic carboxylic acids is 1. The quantitative estimate of drug-likeness (QED) is 0.0201. The fourth-order valence-electron chi connectivity index (χ4n) is 4.97. The molecule has 0 spiro atoms. The van der Waals surface area contributed by atoms with E-state index in [1.54, 1.807) is 0 Å². The van der Waals surface area contributed by atoms with Crippen molar-refractivity contribution < 1.29 is 52.6 Å². The molecule has 0 aromatic rings. The Morgan fingerprint density at radius 2 is 1.12 bits per heavy atom. The van der Waals surface area contributed by atoms with Crippen molar-refractivity contribution in [2.75, 3.05) is 19.8 Å². The lowest BCUT2D eigenvalue weighted by Crippen LogP contribution is -2.34. The number of carboxylic acid groups (broad SMARTS) is 1. The van der Waals surface area contributed by atoms with Crippen molar-refractivity contribution >= 4 is 25.7 Å². The number of phosphoric ester groups is 1. The second-order valence-electron chi connectivity index (χ2n) is 13.6. The lowest BCUT2D eigenvalue weighted by atomic mass is 10.1. The van der Waals surface area contributed by atoms with E-state index in [0.29, 0.717) is 25.7 Å². The zero-order valence-corrected chi connectivity index (χ0v) is 35.4. The molecule has 324 valence electrons. The van der Waals surface area contributed by atoms with Gasteiger partial charge in [0.1, 0.15) is 12.6 Å². The van der Waals surface area contributed by atoms with Gasteiger partial charge in [0.25, 0.3) is 0 Å². The summed E-state index contributed by atoms with van der Waals surface area (Å²) < 4.78 is 32.5. The second-order valence-corrected chi connectivity index (χ2v) is 15.0. The lowest BCUT2D eigenvalue weighted by Gasteiger charge is -2.20. The molecule has 12 nitrogen and oxygen atoms in total. The van der Waals surface area contributed by atoms with Crippen molar-refractivity contribution in [3.8, 4) is 0 Å². The maximum Gasteiger partial charge on any atom is 0.472 e. The number of ether oxygens (including phenoxy) is 2. The van der Waals surface area contributed by atoms with Gasteiger partial charge in [-0.05, 0) is 83.5 Å². The molecule has 0 aliphatic carbocycles. The highest BCUT2D eigenvalue weighted by Crippen LogP contribution is 2.43. The van der Waals surface area contributed by atoms with E-state index in [2.05, 4.69) is 85.2 Å². The zero-order chi connectivity index (χ0) is 42.2. The first-order valence-corrected chi connectivity index (χ1v) is 22.2. The maximum absolute atomic E-state index is 12.6. The van der Waals surface area contributed by atoms with Crippen molar-refractivity contribution in [1.29, 1.82) is 0 Å². The third-order valence-corrected chi connectivity index (χ3v) is 9.13.